The predicted octanol–water partition coefficient (Wildman–Crippen LogP) is 3.54. The van der Waals surface area contributed by atoms with E-state index in [1.807, 2.05) is 30.3 Å². The number of aromatic amines is 2. The maximum atomic E-state index is 12.3. The first-order chi connectivity index (χ1) is 12.2. The Labute approximate surface area is 148 Å². The molecule has 0 bridgehead atoms. The van der Waals surface area contributed by atoms with Gasteiger partial charge in [0.1, 0.15) is 5.69 Å². The molecule has 6 nitrogen and oxygen atoms in total. The fraction of sp³-hybridized carbons (Fsp3) is 0.0556. The summed E-state index contributed by atoms with van der Waals surface area (Å²) in [6.07, 6.45) is 3.37. The van der Waals surface area contributed by atoms with Gasteiger partial charge < -0.3 is 10.3 Å². The van der Waals surface area contributed by atoms with Crippen molar-refractivity contribution in [3.05, 3.63) is 71.0 Å². The monoisotopic (exact) mass is 351 g/mol. The normalized spacial score (nSPS) is 10.9. The highest BCUT2D eigenvalue weighted by molar-refractivity contribution is 6.30. The Bertz CT molecular complexity index is 1050. The number of rotatable bonds is 4. The van der Waals surface area contributed by atoms with Crippen molar-refractivity contribution >= 4 is 28.5 Å². The minimum atomic E-state index is -0.166. The van der Waals surface area contributed by atoms with Crippen LogP contribution >= 0.6 is 11.6 Å². The molecule has 3 N–H and O–H groups in total. The first kappa shape index (κ1) is 15.4. The Kier molecular flexibility index (Phi) is 3.95. The van der Waals surface area contributed by atoms with Crippen LogP contribution in [0, 0.1) is 0 Å². The summed E-state index contributed by atoms with van der Waals surface area (Å²) in [5.74, 6) is -0.166. The Morgan fingerprint density at radius 2 is 2.12 bits per heavy atom. The van der Waals surface area contributed by atoms with E-state index in [-0.39, 0.29) is 5.91 Å². The standard InChI is InChI=1S/C18H14ClN5O/c19-13-4-1-3-11(7-13)9-22-18(25)12-8-15(21-10-12)16-14-5-2-6-20-17(14)24-23-16/h1-8,10,21H,9H2,(H,22,25)(H,20,23,24). The molecular formula is C18H14ClN5O. The van der Waals surface area contributed by atoms with Crippen LogP contribution < -0.4 is 5.32 Å². The summed E-state index contributed by atoms with van der Waals surface area (Å²) in [6.45, 7) is 0.412. The maximum absolute atomic E-state index is 12.3. The van der Waals surface area contributed by atoms with Gasteiger partial charge in [-0.2, -0.15) is 5.10 Å². The fourth-order valence-corrected chi connectivity index (χ4v) is 2.87. The van der Waals surface area contributed by atoms with Gasteiger partial charge in [-0.1, -0.05) is 23.7 Å². The van der Waals surface area contributed by atoms with E-state index in [2.05, 4.69) is 25.5 Å². The van der Waals surface area contributed by atoms with Gasteiger partial charge in [-0.15, -0.1) is 0 Å². The molecule has 7 heteroatoms. The highest BCUT2D eigenvalue weighted by atomic mass is 35.5. The van der Waals surface area contributed by atoms with E-state index in [4.69, 9.17) is 11.6 Å². The van der Waals surface area contributed by atoms with Crippen molar-refractivity contribution in [2.45, 2.75) is 6.54 Å². The Morgan fingerprint density at radius 1 is 1.20 bits per heavy atom. The van der Waals surface area contributed by atoms with Gasteiger partial charge in [0.15, 0.2) is 5.65 Å². The van der Waals surface area contributed by atoms with Crippen LogP contribution in [0.15, 0.2) is 54.9 Å². The summed E-state index contributed by atoms with van der Waals surface area (Å²) in [7, 11) is 0. The molecule has 0 aliphatic rings. The molecule has 0 unspecified atom stereocenters. The van der Waals surface area contributed by atoms with E-state index in [9.17, 15) is 4.79 Å². The highest BCUT2D eigenvalue weighted by Crippen LogP contribution is 2.24. The summed E-state index contributed by atoms with van der Waals surface area (Å²) >= 11 is 5.95. The number of benzene rings is 1. The second-order valence-corrected chi connectivity index (χ2v) is 6.02. The number of fused-ring (bicyclic) bond motifs is 1. The third kappa shape index (κ3) is 3.12. The lowest BCUT2D eigenvalue weighted by Crippen LogP contribution is -2.22. The molecule has 0 radical (unpaired) electrons. The number of carbonyl (C=O) groups excluding carboxylic acids is 1. The van der Waals surface area contributed by atoms with Gasteiger partial charge in [0.05, 0.1) is 11.3 Å². The summed E-state index contributed by atoms with van der Waals surface area (Å²) < 4.78 is 0. The average Bonchev–Trinajstić information content (AvgIpc) is 3.26. The van der Waals surface area contributed by atoms with E-state index in [0.717, 1.165) is 22.3 Å². The topological polar surface area (TPSA) is 86.5 Å². The van der Waals surface area contributed by atoms with Gasteiger partial charge in [0.2, 0.25) is 0 Å². The van der Waals surface area contributed by atoms with Crippen LogP contribution in [0.5, 0.6) is 0 Å². The molecule has 4 aromatic rings. The zero-order chi connectivity index (χ0) is 17.2. The Hall–Kier alpha value is -3.12. The molecule has 3 aromatic heterocycles. The number of carbonyl (C=O) groups is 1. The van der Waals surface area contributed by atoms with Crippen LogP contribution in [-0.4, -0.2) is 26.1 Å². The minimum absolute atomic E-state index is 0.166. The average molecular weight is 352 g/mol. The molecule has 124 valence electrons. The molecule has 0 aliphatic heterocycles. The number of nitrogens with one attached hydrogen (secondary N) is 3. The maximum Gasteiger partial charge on any atom is 0.253 e. The number of pyridine rings is 1. The molecule has 0 saturated carbocycles. The lowest BCUT2D eigenvalue weighted by Gasteiger charge is -2.04. The molecule has 1 amide bonds. The van der Waals surface area contributed by atoms with E-state index in [1.165, 1.54) is 0 Å². The molecule has 0 saturated heterocycles. The summed E-state index contributed by atoms with van der Waals surface area (Å²) in [5, 5.41) is 11.6. The van der Waals surface area contributed by atoms with Crippen molar-refractivity contribution in [2.24, 2.45) is 0 Å². The molecule has 3 heterocycles. The van der Waals surface area contributed by atoms with Crippen LogP contribution in [0.2, 0.25) is 5.02 Å². The smallest absolute Gasteiger partial charge is 0.253 e. The number of H-pyrrole nitrogens is 2. The zero-order valence-corrected chi connectivity index (χ0v) is 13.8. The number of hydrogen-bond acceptors (Lipinski definition) is 3. The van der Waals surface area contributed by atoms with E-state index < -0.39 is 0 Å². The number of hydrogen-bond donors (Lipinski definition) is 3. The molecule has 1 aromatic carbocycles. The molecular weight excluding hydrogens is 338 g/mol. The zero-order valence-electron chi connectivity index (χ0n) is 13.1. The first-order valence-corrected chi connectivity index (χ1v) is 8.09. The lowest BCUT2D eigenvalue weighted by atomic mass is 10.2. The molecule has 25 heavy (non-hydrogen) atoms. The summed E-state index contributed by atoms with van der Waals surface area (Å²) in [4.78, 5) is 19.7. The second-order valence-electron chi connectivity index (χ2n) is 5.59. The van der Waals surface area contributed by atoms with Crippen LogP contribution in [0.3, 0.4) is 0 Å². The summed E-state index contributed by atoms with van der Waals surface area (Å²) in [6, 6.07) is 13.0. The van der Waals surface area contributed by atoms with E-state index in [0.29, 0.717) is 22.8 Å². The molecule has 0 atom stereocenters. The lowest BCUT2D eigenvalue weighted by molar-refractivity contribution is 0.0951. The van der Waals surface area contributed by atoms with Gasteiger partial charge in [0.25, 0.3) is 5.91 Å². The second kappa shape index (κ2) is 6.41. The van der Waals surface area contributed by atoms with Crippen molar-refractivity contribution < 1.29 is 4.79 Å². The quantitative estimate of drug-likeness (QED) is 0.525. The Balaban J connectivity index is 1.52. The van der Waals surface area contributed by atoms with Gasteiger partial charge in [-0.05, 0) is 35.9 Å². The van der Waals surface area contributed by atoms with Gasteiger partial charge in [0, 0.05) is 29.3 Å². The molecule has 0 aliphatic carbocycles. The van der Waals surface area contributed by atoms with E-state index >= 15 is 0 Å². The van der Waals surface area contributed by atoms with Gasteiger partial charge in [-0.25, -0.2) is 4.98 Å². The first-order valence-electron chi connectivity index (χ1n) is 7.71. The highest BCUT2D eigenvalue weighted by Gasteiger charge is 2.13. The fourth-order valence-electron chi connectivity index (χ4n) is 2.65. The predicted molar refractivity (Wildman–Crippen MR) is 96.3 cm³/mol. The van der Waals surface area contributed by atoms with Crippen LogP contribution in [-0.2, 0) is 6.54 Å². The third-order valence-corrected chi connectivity index (χ3v) is 4.11. The van der Waals surface area contributed by atoms with Crippen LogP contribution in [0.1, 0.15) is 15.9 Å². The van der Waals surface area contributed by atoms with Crippen molar-refractivity contribution in [3.63, 3.8) is 0 Å². The van der Waals surface area contributed by atoms with Crippen LogP contribution in [0.4, 0.5) is 0 Å². The van der Waals surface area contributed by atoms with Crippen molar-refractivity contribution in [1.82, 2.24) is 25.5 Å². The molecule has 0 fully saturated rings. The van der Waals surface area contributed by atoms with Crippen molar-refractivity contribution in [2.75, 3.05) is 0 Å². The van der Waals surface area contributed by atoms with Gasteiger partial charge in [-0.3, -0.25) is 9.89 Å². The number of amides is 1. The third-order valence-electron chi connectivity index (χ3n) is 3.88. The number of nitrogens with zero attached hydrogens (tertiary/aromatic N) is 2. The SMILES string of the molecule is O=C(NCc1cccc(Cl)c1)c1c[nH]c(-c2n[nH]c3ncccc23)c1. The van der Waals surface area contributed by atoms with Crippen molar-refractivity contribution in [1.29, 1.82) is 0 Å². The number of aromatic nitrogens is 4. The van der Waals surface area contributed by atoms with Crippen LogP contribution in [0.25, 0.3) is 22.4 Å². The Morgan fingerprint density at radius 3 is 3.00 bits per heavy atom. The molecule has 4 rings (SSSR count). The van der Waals surface area contributed by atoms with E-state index in [1.54, 1.807) is 24.5 Å². The largest absolute Gasteiger partial charge is 0.359 e. The van der Waals surface area contributed by atoms with Crippen molar-refractivity contribution in [3.8, 4) is 11.4 Å². The molecule has 0 spiro atoms. The number of halogens is 1. The minimum Gasteiger partial charge on any atom is -0.359 e. The van der Waals surface area contributed by atoms with Gasteiger partial charge >= 0.3 is 0 Å². The summed E-state index contributed by atoms with van der Waals surface area (Å²) in [5.41, 5.74) is 3.68.